The molecule has 2 heteroatoms. The van der Waals surface area contributed by atoms with E-state index in [2.05, 4.69) is 61.8 Å². The number of hydrogen-bond acceptors (Lipinski definition) is 2. The van der Waals surface area contributed by atoms with Crippen LogP contribution in [-0.2, 0) is 0 Å². The van der Waals surface area contributed by atoms with Crippen LogP contribution in [0, 0.1) is 18.3 Å². The summed E-state index contributed by atoms with van der Waals surface area (Å²) in [5.41, 5.74) is 3.99. The van der Waals surface area contributed by atoms with Crippen LogP contribution in [0.3, 0.4) is 0 Å². The molecule has 26 heavy (non-hydrogen) atoms. The zero-order chi connectivity index (χ0) is 18.4. The first-order valence-corrected chi connectivity index (χ1v) is 10.9. The van der Waals surface area contributed by atoms with Crippen LogP contribution < -0.4 is 0 Å². The Labute approximate surface area is 161 Å². The molecule has 1 aromatic rings. The van der Waals surface area contributed by atoms with Gasteiger partial charge in [-0.15, -0.1) is 0 Å². The van der Waals surface area contributed by atoms with Crippen LogP contribution in [0.5, 0.6) is 0 Å². The highest BCUT2D eigenvalue weighted by molar-refractivity contribution is 5.25. The van der Waals surface area contributed by atoms with Crippen LogP contribution in [0.4, 0.5) is 0 Å². The minimum absolute atomic E-state index is 0.352. The fraction of sp³-hybridized carbons (Fsp3) is 0.750. The molecule has 1 atom stereocenters. The van der Waals surface area contributed by atoms with Gasteiger partial charge in [0, 0.05) is 18.6 Å². The number of likely N-dealkylation sites (tertiary alicyclic amines) is 2. The van der Waals surface area contributed by atoms with E-state index in [1.165, 1.54) is 70.4 Å². The van der Waals surface area contributed by atoms with Gasteiger partial charge in [-0.1, -0.05) is 29.8 Å². The van der Waals surface area contributed by atoms with Crippen molar-refractivity contribution in [2.75, 3.05) is 32.7 Å². The smallest absolute Gasteiger partial charge is 0.0125 e. The maximum atomic E-state index is 2.76. The van der Waals surface area contributed by atoms with E-state index < -0.39 is 0 Å². The average molecular weight is 355 g/mol. The zero-order valence-electron chi connectivity index (χ0n) is 17.4. The molecule has 1 aliphatic carbocycles. The summed E-state index contributed by atoms with van der Waals surface area (Å²) in [6.07, 6.45) is 7.22. The van der Waals surface area contributed by atoms with E-state index in [-0.39, 0.29) is 0 Å². The number of benzene rings is 1. The Morgan fingerprint density at radius 3 is 2.27 bits per heavy atom. The van der Waals surface area contributed by atoms with Gasteiger partial charge in [0.2, 0.25) is 0 Å². The first-order chi connectivity index (χ1) is 12.3. The van der Waals surface area contributed by atoms with Crippen molar-refractivity contribution in [3.8, 4) is 0 Å². The van der Waals surface area contributed by atoms with Crippen LogP contribution in [0.2, 0.25) is 0 Å². The number of aryl methyl sites for hydroxylation is 1. The molecule has 1 spiro atoms. The quantitative estimate of drug-likeness (QED) is 0.747. The van der Waals surface area contributed by atoms with E-state index in [9.17, 15) is 0 Å². The SMILES string of the molecule is Cc1ccc(C2CCN(CC3CC4(CCN(C(C)(C)C)CC4)C3)C2)cc1. The van der Waals surface area contributed by atoms with Gasteiger partial charge in [0.1, 0.15) is 0 Å². The van der Waals surface area contributed by atoms with Crippen molar-refractivity contribution < 1.29 is 0 Å². The molecule has 2 heterocycles. The Bertz CT molecular complexity index is 596. The van der Waals surface area contributed by atoms with Crippen molar-refractivity contribution in [3.63, 3.8) is 0 Å². The lowest BCUT2D eigenvalue weighted by Crippen LogP contribution is -2.53. The third-order valence-electron chi connectivity index (χ3n) is 7.55. The van der Waals surface area contributed by atoms with Gasteiger partial charge < -0.3 is 4.90 Å². The van der Waals surface area contributed by atoms with Crippen LogP contribution in [0.25, 0.3) is 0 Å². The summed E-state index contributed by atoms with van der Waals surface area (Å²) in [4.78, 5) is 5.45. The molecule has 1 unspecified atom stereocenters. The first-order valence-electron chi connectivity index (χ1n) is 10.9. The van der Waals surface area contributed by atoms with Gasteiger partial charge in [-0.05, 0) is 102 Å². The van der Waals surface area contributed by atoms with Gasteiger partial charge in [-0.2, -0.15) is 0 Å². The fourth-order valence-corrected chi connectivity index (χ4v) is 5.83. The molecule has 4 rings (SSSR count). The summed E-state index contributed by atoms with van der Waals surface area (Å²) >= 11 is 0. The summed E-state index contributed by atoms with van der Waals surface area (Å²) < 4.78 is 0. The molecule has 2 aliphatic heterocycles. The van der Waals surface area contributed by atoms with Crippen molar-refractivity contribution >= 4 is 0 Å². The van der Waals surface area contributed by atoms with Crippen LogP contribution in [0.15, 0.2) is 24.3 Å². The van der Waals surface area contributed by atoms with Gasteiger partial charge in [-0.3, -0.25) is 4.90 Å². The highest BCUT2D eigenvalue weighted by Crippen LogP contribution is 2.53. The summed E-state index contributed by atoms with van der Waals surface area (Å²) in [6.45, 7) is 15.9. The number of piperidine rings is 1. The Morgan fingerprint density at radius 1 is 1.00 bits per heavy atom. The summed E-state index contributed by atoms with van der Waals surface area (Å²) in [6, 6.07) is 9.25. The zero-order valence-corrected chi connectivity index (χ0v) is 17.4. The van der Waals surface area contributed by atoms with Crippen molar-refractivity contribution in [2.45, 2.75) is 71.3 Å². The Hall–Kier alpha value is -0.860. The van der Waals surface area contributed by atoms with Gasteiger partial charge in [0.25, 0.3) is 0 Å². The maximum Gasteiger partial charge on any atom is 0.0125 e. The Kier molecular flexibility index (Phi) is 4.94. The lowest BCUT2D eigenvalue weighted by Gasteiger charge is -2.55. The van der Waals surface area contributed by atoms with Crippen molar-refractivity contribution in [3.05, 3.63) is 35.4 Å². The summed E-state index contributed by atoms with van der Waals surface area (Å²) in [5, 5.41) is 0. The number of hydrogen-bond donors (Lipinski definition) is 0. The number of rotatable bonds is 3. The highest BCUT2D eigenvalue weighted by Gasteiger charge is 2.47. The molecule has 144 valence electrons. The van der Waals surface area contributed by atoms with E-state index in [1.54, 1.807) is 5.56 Å². The average Bonchev–Trinajstić information content (AvgIpc) is 3.02. The highest BCUT2D eigenvalue weighted by atomic mass is 15.2. The van der Waals surface area contributed by atoms with Crippen LogP contribution >= 0.6 is 0 Å². The summed E-state index contributed by atoms with van der Waals surface area (Å²) in [5.74, 6) is 1.73. The maximum absolute atomic E-state index is 2.76. The van der Waals surface area contributed by atoms with Crippen LogP contribution in [-0.4, -0.2) is 48.1 Å². The topological polar surface area (TPSA) is 6.48 Å². The molecule has 0 amide bonds. The molecule has 3 aliphatic rings. The number of nitrogens with zero attached hydrogens (tertiary/aromatic N) is 2. The minimum Gasteiger partial charge on any atom is -0.302 e. The molecule has 1 aromatic carbocycles. The largest absolute Gasteiger partial charge is 0.302 e. The second-order valence-electron chi connectivity index (χ2n) is 10.6. The summed E-state index contributed by atoms with van der Waals surface area (Å²) in [7, 11) is 0. The predicted octanol–water partition coefficient (Wildman–Crippen LogP) is 5.08. The molecule has 0 aromatic heterocycles. The molecule has 2 nitrogen and oxygen atoms in total. The molecule has 0 radical (unpaired) electrons. The van der Waals surface area contributed by atoms with E-state index in [0.717, 1.165) is 11.8 Å². The molecule has 0 bridgehead atoms. The molecule has 3 fully saturated rings. The standard InChI is InChI=1S/C24H38N2/c1-19-5-7-21(8-6-19)22-9-12-25(18-22)17-20-15-24(16-20)10-13-26(14-11-24)23(2,3)4/h5-8,20,22H,9-18H2,1-4H3. The van der Waals surface area contributed by atoms with Gasteiger partial charge in [0.15, 0.2) is 0 Å². The lowest BCUT2D eigenvalue weighted by atomic mass is 9.57. The lowest BCUT2D eigenvalue weighted by molar-refractivity contribution is -0.0434. The van der Waals surface area contributed by atoms with Gasteiger partial charge in [0.05, 0.1) is 0 Å². The predicted molar refractivity (Wildman–Crippen MR) is 111 cm³/mol. The first kappa shape index (κ1) is 18.5. The molecular weight excluding hydrogens is 316 g/mol. The van der Waals surface area contributed by atoms with Crippen LogP contribution in [0.1, 0.15) is 69.9 Å². The Morgan fingerprint density at radius 2 is 1.65 bits per heavy atom. The third-order valence-corrected chi connectivity index (χ3v) is 7.55. The van der Waals surface area contributed by atoms with Gasteiger partial charge >= 0.3 is 0 Å². The molecule has 0 N–H and O–H groups in total. The third kappa shape index (κ3) is 3.87. The Balaban J connectivity index is 1.22. The molecule has 1 saturated carbocycles. The van der Waals surface area contributed by atoms with E-state index in [1.807, 2.05) is 0 Å². The van der Waals surface area contributed by atoms with Crippen molar-refractivity contribution in [1.82, 2.24) is 9.80 Å². The molecular formula is C24H38N2. The molecule has 2 saturated heterocycles. The van der Waals surface area contributed by atoms with Crippen molar-refractivity contribution in [2.24, 2.45) is 11.3 Å². The monoisotopic (exact) mass is 354 g/mol. The van der Waals surface area contributed by atoms with E-state index in [0.29, 0.717) is 11.0 Å². The normalized spacial score (nSPS) is 27.8. The van der Waals surface area contributed by atoms with E-state index >= 15 is 0 Å². The fourth-order valence-electron chi connectivity index (χ4n) is 5.83. The van der Waals surface area contributed by atoms with E-state index in [4.69, 9.17) is 0 Å². The second-order valence-corrected chi connectivity index (χ2v) is 10.6. The van der Waals surface area contributed by atoms with Gasteiger partial charge in [-0.25, -0.2) is 0 Å². The minimum atomic E-state index is 0.352. The second kappa shape index (κ2) is 6.95. The van der Waals surface area contributed by atoms with Crippen molar-refractivity contribution in [1.29, 1.82) is 0 Å².